The van der Waals surface area contributed by atoms with Gasteiger partial charge in [0.1, 0.15) is 11.5 Å². The van der Waals surface area contributed by atoms with E-state index in [1.807, 2.05) is 0 Å². The molecular formula is C20H13F4N5. The summed E-state index contributed by atoms with van der Waals surface area (Å²) in [7, 11) is 0. The lowest BCUT2D eigenvalue weighted by Crippen LogP contribution is -2.12. The highest BCUT2D eigenvalue weighted by atomic mass is 19.2. The number of nitrogens with one attached hydrogen (secondary N) is 1. The highest BCUT2D eigenvalue weighted by Gasteiger charge is 2.24. The molecule has 0 aliphatic carbocycles. The average molecular weight is 399 g/mol. The first kappa shape index (κ1) is 18.6. The fourth-order valence-electron chi connectivity index (χ4n) is 2.86. The van der Waals surface area contributed by atoms with E-state index in [4.69, 9.17) is 5.73 Å². The number of fused-ring (bicyclic) bond motifs is 1. The molecule has 5 nitrogen and oxygen atoms in total. The molecule has 0 aliphatic heterocycles. The molecule has 0 saturated heterocycles. The number of halogens is 4. The lowest BCUT2D eigenvalue weighted by molar-refractivity contribution is 0.446. The number of pyridine rings is 1. The zero-order chi connectivity index (χ0) is 20.5. The molecule has 0 spiro atoms. The van der Waals surface area contributed by atoms with E-state index in [1.54, 1.807) is 48.8 Å². The van der Waals surface area contributed by atoms with Crippen LogP contribution in [0.5, 0.6) is 0 Å². The van der Waals surface area contributed by atoms with Crippen molar-refractivity contribution in [2.24, 2.45) is 0 Å². The van der Waals surface area contributed by atoms with Gasteiger partial charge in [0.05, 0.1) is 5.52 Å². The van der Waals surface area contributed by atoms with Gasteiger partial charge in [0.2, 0.25) is 0 Å². The molecule has 0 unspecified atom stereocenters. The third kappa shape index (κ3) is 3.31. The molecule has 0 bridgehead atoms. The molecule has 29 heavy (non-hydrogen) atoms. The number of para-hydroxylation sites is 1. The largest absolute Gasteiger partial charge is 0.394 e. The van der Waals surface area contributed by atoms with E-state index < -0.39 is 41.1 Å². The van der Waals surface area contributed by atoms with Crippen molar-refractivity contribution in [3.05, 3.63) is 77.6 Å². The molecule has 3 N–H and O–H groups in total. The van der Waals surface area contributed by atoms with Crippen LogP contribution in [0.1, 0.15) is 5.56 Å². The van der Waals surface area contributed by atoms with Crippen LogP contribution in [-0.4, -0.2) is 15.0 Å². The van der Waals surface area contributed by atoms with E-state index in [-0.39, 0.29) is 5.82 Å². The zero-order valence-corrected chi connectivity index (χ0v) is 14.8. The number of nitrogens with two attached hydrogens (primary N) is 1. The van der Waals surface area contributed by atoms with Crippen molar-refractivity contribution >= 4 is 22.4 Å². The standard InChI is InChI=1S/C20H13F4N5/c21-14-12(15(22)17(24)18(25)16(14)23)9-27-20-11-5-1-2-6-13(11)28-19(29-20)10-4-3-7-26-8-10/h1-8H,9,25H2,(H,27,28,29). The van der Waals surface area contributed by atoms with Crippen LogP contribution in [0.25, 0.3) is 22.3 Å². The Kier molecular flexibility index (Phi) is 4.71. The first-order chi connectivity index (χ1) is 14.0. The van der Waals surface area contributed by atoms with Gasteiger partial charge in [-0.1, -0.05) is 12.1 Å². The van der Waals surface area contributed by atoms with Crippen LogP contribution in [0.3, 0.4) is 0 Å². The first-order valence-corrected chi connectivity index (χ1v) is 8.48. The summed E-state index contributed by atoms with van der Waals surface area (Å²) in [5, 5.41) is 3.31. The number of anilines is 2. The molecule has 2 aromatic heterocycles. The third-order valence-corrected chi connectivity index (χ3v) is 4.34. The fourth-order valence-corrected chi connectivity index (χ4v) is 2.86. The summed E-state index contributed by atoms with van der Waals surface area (Å²) in [5.41, 5.74) is 4.22. The Balaban J connectivity index is 1.78. The normalized spacial score (nSPS) is 11.0. The Hall–Kier alpha value is -3.75. The minimum absolute atomic E-state index is 0.242. The molecule has 4 aromatic rings. The maximum Gasteiger partial charge on any atom is 0.185 e. The minimum atomic E-state index is -1.63. The predicted octanol–water partition coefficient (Wildman–Crippen LogP) is 4.44. The van der Waals surface area contributed by atoms with Crippen molar-refractivity contribution in [3.63, 3.8) is 0 Å². The predicted molar refractivity (Wildman–Crippen MR) is 101 cm³/mol. The SMILES string of the molecule is Nc1c(F)c(F)c(CNc2nc(-c3cccnc3)nc3ccccc23)c(F)c1F. The Labute approximate surface area is 162 Å². The van der Waals surface area contributed by atoms with Gasteiger partial charge in [-0.3, -0.25) is 4.98 Å². The number of benzene rings is 2. The summed E-state index contributed by atoms with van der Waals surface area (Å²) < 4.78 is 55.7. The minimum Gasteiger partial charge on any atom is -0.394 e. The third-order valence-electron chi connectivity index (χ3n) is 4.34. The summed E-state index contributed by atoms with van der Waals surface area (Å²) in [6.07, 6.45) is 3.16. The van der Waals surface area contributed by atoms with Gasteiger partial charge in [0, 0.05) is 35.5 Å². The van der Waals surface area contributed by atoms with Crippen LogP contribution in [-0.2, 0) is 6.54 Å². The molecule has 0 saturated carbocycles. The molecule has 0 aliphatic rings. The second kappa shape index (κ2) is 7.34. The van der Waals surface area contributed by atoms with Crippen molar-refractivity contribution in [2.75, 3.05) is 11.1 Å². The summed E-state index contributed by atoms with van der Waals surface area (Å²) >= 11 is 0. The highest BCUT2D eigenvalue weighted by molar-refractivity contribution is 5.90. The van der Waals surface area contributed by atoms with Crippen LogP contribution in [0, 0.1) is 23.3 Å². The van der Waals surface area contributed by atoms with Gasteiger partial charge in [0.15, 0.2) is 29.1 Å². The quantitative estimate of drug-likeness (QED) is 0.301. The van der Waals surface area contributed by atoms with Gasteiger partial charge >= 0.3 is 0 Å². The maximum absolute atomic E-state index is 14.1. The van der Waals surface area contributed by atoms with Gasteiger partial charge in [-0.2, -0.15) is 0 Å². The summed E-state index contributed by atoms with van der Waals surface area (Å²) in [5.74, 6) is -5.81. The van der Waals surface area contributed by atoms with Crippen LogP contribution in [0.2, 0.25) is 0 Å². The van der Waals surface area contributed by atoms with Crippen molar-refractivity contribution in [2.45, 2.75) is 6.54 Å². The highest BCUT2D eigenvalue weighted by Crippen LogP contribution is 2.28. The molecule has 0 atom stereocenters. The number of rotatable bonds is 4. The van der Waals surface area contributed by atoms with Crippen molar-refractivity contribution in [3.8, 4) is 11.4 Å². The van der Waals surface area contributed by atoms with Gasteiger partial charge in [-0.05, 0) is 24.3 Å². The van der Waals surface area contributed by atoms with Crippen molar-refractivity contribution in [1.29, 1.82) is 0 Å². The molecule has 0 fully saturated rings. The number of nitrogens with zero attached hydrogens (tertiary/aromatic N) is 3. The van der Waals surface area contributed by atoms with Crippen LogP contribution in [0.4, 0.5) is 29.1 Å². The van der Waals surface area contributed by atoms with E-state index >= 15 is 0 Å². The topological polar surface area (TPSA) is 76.7 Å². The van der Waals surface area contributed by atoms with Crippen molar-refractivity contribution < 1.29 is 17.6 Å². The number of aromatic nitrogens is 3. The second-order valence-corrected chi connectivity index (χ2v) is 6.16. The van der Waals surface area contributed by atoms with Gasteiger partial charge < -0.3 is 11.1 Å². The van der Waals surface area contributed by atoms with E-state index in [1.165, 1.54) is 0 Å². The van der Waals surface area contributed by atoms with Crippen molar-refractivity contribution in [1.82, 2.24) is 15.0 Å². The Morgan fingerprint density at radius 2 is 1.59 bits per heavy atom. The smallest absolute Gasteiger partial charge is 0.185 e. The number of hydrogen-bond donors (Lipinski definition) is 2. The van der Waals surface area contributed by atoms with Gasteiger partial charge in [0.25, 0.3) is 0 Å². The lowest BCUT2D eigenvalue weighted by Gasteiger charge is -2.13. The summed E-state index contributed by atoms with van der Waals surface area (Å²) in [6, 6.07) is 10.4. The second-order valence-electron chi connectivity index (χ2n) is 6.16. The van der Waals surface area contributed by atoms with E-state index in [0.717, 1.165) is 0 Å². The van der Waals surface area contributed by atoms with Gasteiger partial charge in [-0.25, -0.2) is 27.5 Å². The zero-order valence-electron chi connectivity index (χ0n) is 14.8. The molecule has 4 rings (SSSR count). The van der Waals surface area contributed by atoms with Gasteiger partial charge in [-0.15, -0.1) is 0 Å². The Bertz CT molecular complexity index is 1190. The monoisotopic (exact) mass is 399 g/mol. The molecule has 146 valence electrons. The lowest BCUT2D eigenvalue weighted by atomic mass is 10.1. The van der Waals surface area contributed by atoms with Crippen LogP contribution < -0.4 is 11.1 Å². The molecule has 2 heterocycles. The van der Waals surface area contributed by atoms with E-state index in [2.05, 4.69) is 20.3 Å². The molecule has 0 amide bonds. The molecule has 0 radical (unpaired) electrons. The molecule has 9 heteroatoms. The number of nitrogen functional groups attached to an aromatic ring is 1. The average Bonchev–Trinajstić information content (AvgIpc) is 2.76. The van der Waals surface area contributed by atoms with Crippen LogP contribution in [0.15, 0.2) is 48.8 Å². The van der Waals surface area contributed by atoms with E-state index in [9.17, 15) is 17.6 Å². The molecule has 2 aromatic carbocycles. The Morgan fingerprint density at radius 1 is 0.862 bits per heavy atom. The fraction of sp³-hybridized carbons (Fsp3) is 0.0500. The number of hydrogen-bond acceptors (Lipinski definition) is 5. The van der Waals surface area contributed by atoms with Crippen LogP contribution >= 0.6 is 0 Å². The van der Waals surface area contributed by atoms with E-state index in [0.29, 0.717) is 22.3 Å². The Morgan fingerprint density at radius 3 is 2.28 bits per heavy atom. The first-order valence-electron chi connectivity index (χ1n) is 8.48. The summed E-state index contributed by atoms with van der Waals surface area (Å²) in [4.78, 5) is 12.9. The summed E-state index contributed by atoms with van der Waals surface area (Å²) in [6.45, 7) is -0.556. The maximum atomic E-state index is 14.1. The molecular weight excluding hydrogens is 386 g/mol.